The third kappa shape index (κ3) is 7.29. The predicted octanol–water partition coefficient (Wildman–Crippen LogP) is 2.72. The van der Waals surface area contributed by atoms with Gasteiger partial charge in [-0.3, -0.25) is 9.79 Å². The van der Waals surface area contributed by atoms with Crippen molar-refractivity contribution in [3.05, 3.63) is 35.4 Å². The summed E-state index contributed by atoms with van der Waals surface area (Å²) in [5.41, 5.74) is 2.57. The number of ether oxygens (including phenoxy) is 1. The zero-order chi connectivity index (χ0) is 18.9. The number of methoxy groups -OCH3 is 1. The fourth-order valence-corrected chi connectivity index (χ4v) is 3.27. The topological polar surface area (TPSA) is 57.2 Å². The Bertz CT molecular complexity index is 616. The maximum atomic E-state index is 11.7. The van der Waals surface area contributed by atoms with Crippen molar-refractivity contribution in [3.8, 4) is 0 Å². The predicted molar refractivity (Wildman–Crippen MR) is 120 cm³/mol. The van der Waals surface area contributed by atoms with Crippen molar-refractivity contribution in [2.24, 2.45) is 10.9 Å². The van der Waals surface area contributed by atoms with Crippen LogP contribution in [0.3, 0.4) is 0 Å². The summed E-state index contributed by atoms with van der Waals surface area (Å²) < 4.78 is 4.86. The average molecular weight is 488 g/mol. The third-order valence-electron chi connectivity index (χ3n) is 4.98. The summed E-state index contributed by atoms with van der Waals surface area (Å²) in [6.45, 7) is 6.55. The molecule has 0 amide bonds. The summed E-state index contributed by atoms with van der Waals surface area (Å²) in [7, 11) is 5.40. The number of benzene rings is 1. The van der Waals surface area contributed by atoms with E-state index in [-0.39, 0.29) is 35.9 Å². The lowest BCUT2D eigenvalue weighted by Crippen LogP contribution is -2.46. The second-order valence-electron chi connectivity index (χ2n) is 6.84. The van der Waals surface area contributed by atoms with Gasteiger partial charge in [-0.2, -0.15) is 0 Å². The molecule has 7 heteroatoms. The van der Waals surface area contributed by atoms with Gasteiger partial charge >= 0.3 is 5.97 Å². The van der Waals surface area contributed by atoms with Crippen LogP contribution in [0.2, 0.25) is 0 Å². The number of esters is 1. The van der Waals surface area contributed by atoms with Crippen LogP contribution in [0.15, 0.2) is 29.3 Å². The van der Waals surface area contributed by atoms with Crippen LogP contribution in [0.4, 0.5) is 0 Å². The lowest BCUT2D eigenvalue weighted by molar-refractivity contribution is -0.146. The SMILES string of the molecule is CCN(C)Cc1cccc(CNC(=NC)N2CCC(C(=O)OC)CC2)c1.I. The number of carbonyl (C=O) groups is 1. The first-order valence-corrected chi connectivity index (χ1v) is 9.37. The van der Waals surface area contributed by atoms with Gasteiger partial charge < -0.3 is 19.9 Å². The lowest BCUT2D eigenvalue weighted by Gasteiger charge is -2.33. The van der Waals surface area contributed by atoms with Gasteiger partial charge in [0, 0.05) is 33.2 Å². The number of piperidine rings is 1. The van der Waals surface area contributed by atoms with Gasteiger partial charge in [-0.15, -0.1) is 24.0 Å². The van der Waals surface area contributed by atoms with E-state index in [4.69, 9.17) is 4.74 Å². The van der Waals surface area contributed by atoms with E-state index in [1.54, 1.807) is 7.05 Å². The van der Waals surface area contributed by atoms with Crippen molar-refractivity contribution in [1.29, 1.82) is 0 Å². The molecule has 1 saturated heterocycles. The highest BCUT2D eigenvalue weighted by atomic mass is 127. The molecule has 27 heavy (non-hydrogen) atoms. The van der Waals surface area contributed by atoms with Crippen LogP contribution in [0.5, 0.6) is 0 Å². The Labute approximate surface area is 180 Å². The first-order chi connectivity index (χ1) is 12.6. The fraction of sp³-hybridized carbons (Fsp3) is 0.600. The zero-order valence-electron chi connectivity index (χ0n) is 16.9. The summed E-state index contributed by atoms with van der Waals surface area (Å²) >= 11 is 0. The molecule has 1 aromatic rings. The highest BCUT2D eigenvalue weighted by Crippen LogP contribution is 2.18. The van der Waals surface area contributed by atoms with Crippen LogP contribution < -0.4 is 5.32 Å². The van der Waals surface area contributed by atoms with Crippen molar-refractivity contribution in [1.82, 2.24) is 15.1 Å². The number of carbonyl (C=O) groups excluding carboxylic acids is 1. The molecule has 0 bridgehead atoms. The molecule has 152 valence electrons. The van der Waals surface area contributed by atoms with Crippen molar-refractivity contribution in [2.75, 3.05) is 40.8 Å². The van der Waals surface area contributed by atoms with E-state index >= 15 is 0 Å². The van der Waals surface area contributed by atoms with Gasteiger partial charge in [-0.1, -0.05) is 31.2 Å². The van der Waals surface area contributed by atoms with Crippen LogP contribution in [0, 0.1) is 5.92 Å². The van der Waals surface area contributed by atoms with Gasteiger partial charge in [0.2, 0.25) is 0 Å². The molecule has 0 spiro atoms. The zero-order valence-corrected chi connectivity index (χ0v) is 19.2. The van der Waals surface area contributed by atoms with E-state index in [1.165, 1.54) is 18.2 Å². The van der Waals surface area contributed by atoms with Gasteiger partial charge in [0.1, 0.15) is 0 Å². The molecule has 0 aromatic heterocycles. The molecule has 1 aliphatic rings. The number of likely N-dealkylation sites (tertiary alicyclic amines) is 1. The molecule has 6 nitrogen and oxygen atoms in total. The average Bonchev–Trinajstić information content (AvgIpc) is 2.68. The summed E-state index contributed by atoms with van der Waals surface area (Å²) in [5, 5.41) is 3.45. The quantitative estimate of drug-likeness (QED) is 0.289. The Hall–Kier alpha value is -1.35. The number of hydrogen-bond acceptors (Lipinski definition) is 4. The second kappa shape index (κ2) is 12.2. The van der Waals surface area contributed by atoms with E-state index in [1.807, 2.05) is 0 Å². The summed E-state index contributed by atoms with van der Waals surface area (Å²) in [4.78, 5) is 20.6. The first-order valence-electron chi connectivity index (χ1n) is 9.37. The minimum atomic E-state index is -0.0959. The number of rotatable bonds is 6. The van der Waals surface area contributed by atoms with Crippen LogP contribution in [0.1, 0.15) is 30.9 Å². The Morgan fingerprint density at radius 2 is 2.00 bits per heavy atom. The maximum absolute atomic E-state index is 11.7. The minimum absolute atomic E-state index is 0. The molecule has 1 aromatic carbocycles. The van der Waals surface area contributed by atoms with Crippen molar-refractivity contribution < 1.29 is 9.53 Å². The number of aliphatic imine (C=N–C) groups is 1. The highest BCUT2D eigenvalue weighted by molar-refractivity contribution is 14.0. The molecule has 0 aliphatic carbocycles. The van der Waals surface area contributed by atoms with E-state index in [9.17, 15) is 4.79 Å². The third-order valence-corrected chi connectivity index (χ3v) is 4.98. The molecule has 1 fully saturated rings. The molecular weight excluding hydrogens is 455 g/mol. The van der Waals surface area contributed by atoms with Crippen molar-refractivity contribution >= 4 is 35.9 Å². The lowest BCUT2D eigenvalue weighted by atomic mass is 9.97. The number of hydrogen-bond donors (Lipinski definition) is 1. The highest BCUT2D eigenvalue weighted by Gasteiger charge is 2.26. The number of nitrogens with zero attached hydrogens (tertiary/aromatic N) is 3. The van der Waals surface area contributed by atoms with E-state index < -0.39 is 0 Å². The Kier molecular flexibility index (Phi) is 10.7. The molecule has 2 rings (SSSR count). The molecule has 0 saturated carbocycles. The smallest absolute Gasteiger partial charge is 0.308 e. The van der Waals surface area contributed by atoms with Crippen LogP contribution in [-0.4, -0.2) is 62.6 Å². The molecule has 0 atom stereocenters. The van der Waals surface area contributed by atoms with Gasteiger partial charge in [-0.05, 0) is 37.6 Å². The van der Waals surface area contributed by atoms with E-state index in [0.717, 1.165) is 51.5 Å². The molecular formula is C20H33IN4O2. The van der Waals surface area contributed by atoms with Gasteiger partial charge in [0.15, 0.2) is 5.96 Å². The largest absolute Gasteiger partial charge is 0.469 e. The van der Waals surface area contributed by atoms with E-state index in [0.29, 0.717) is 0 Å². The number of halogens is 1. The van der Waals surface area contributed by atoms with Gasteiger partial charge in [0.05, 0.1) is 13.0 Å². The van der Waals surface area contributed by atoms with Crippen LogP contribution in [0.25, 0.3) is 0 Å². The van der Waals surface area contributed by atoms with Crippen molar-refractivity contribution in [2.45, 2.75) is 32.9 Å². The summed E-state index contributed by atoms with van der Waals surface area (Å²) in [6, 6.07) is 8.66. The van der Waals surface area contributed by atoms with Crippen LogP contribution >= 0.6 is 24.0 Å². The first kappa shape index (κ1) is 23.7. The standard InChI is InChI=1S/C20H32N4O2.HI/c1-5-23(3)15-17-8-6-7-16(13-17)14-22-20(21-2)24-11-9-18(10-12-24)19(25)26-4;/h6-8,13,18H,5,9-12,14-15H2,1-4H3,(H,21,22);1H. The van der Waals surface area contributed by atoms with Crippen LogP contribution in [-0.2, 0) is 22.6 Å². The minimum Gasteiger partial charge on any atom is -0.469 e. The molecule has 0 radical (unpaired) electrons. The fourth-order valence-electron chi connectivity index (χ4n) is 3.27. The van der Waals surface area contributed by atoms with Gasteiger partial charge in [0.25, 0.3) is 0 Å². The van der Waals surface area contributed by atoms with Crippen molar-refractivity contribution in [3.63, 3.8) is 0 Å². The monoisotopic (exact) mass is 488 g/mol. The Balaban J connectivity index is 0.00000364. The number of guanidine groups is 1. The molecule has 0 unspecified atom stereocenters. The normalized spacial score (nSPS) is 15.4. The second-order valence-corrected chi connectivity index (χ2v) is 6.84. The molecule has 1 heterocycles. The summed E-state index contributed by atoms with van der Waals surface area (Å²) in [6.07, 6.45) is 1.62. The molecule has 1 aliphatic heterocycles. The Morgan fingerprint density at radius 3 is 2.59 bits per heavy atom. The number of nitrogens with one attached hydrogen (secondary N) is 1. The Morgan fingerprint density at radius 1 is 1.33 bits per heavy atom. The summed E-state index contributed by atoms with van der Waals surface area (Å²) in [5.74, 6) is 0.812. The van der Waals surface area contributed by atoms with E-state index in [2.05, 4.69) is 58.3 Å². The maximum Gasteiger partial charge on any atom is 0.308 e. The molecule has 1 N–H and O–H groups in total. The van der Waals surface area contributed by atoms with Gasteiger partial charge in [-0.25, -0.2) is 0 Å².